The number of rotatable bonds is 4. The quantitative estimate of drug-likeness (QED) is 0.882. The van der Waals surface area contributed by atoms with Crippen molar-refractivity contribution >= 4 is 17.4 Å². The van der Waals surface area contributed by atoms with Gasteiger partial charge in [0.05, 0.1) is 17.9 Å². The Morgan fingerprint density at radius 3 is 2.55 bits per heavy atom. The molecule has 1 aromatic heterocycles. The second kappa shape index (κ2) is 6.70. The van der Waals surface area contributed by atoms with Crippen molar-refractivity contribution in [1.29, 1.82) is 0 Å². The Balaban J connectivity index is 1.96. The summed E-state index contributed by atoms with van der Waals surface area (Å²) in [5.74, 6) is 0.943. The van der Waals surface area contributed by atoms with E-state index in [2.05, 4.69) is 15.2 Å². The van der Waals surface area contributed by atoms with Crippen LogP contribution in [0.1, 0.15) is 33.1 Å². The van der Waals surface area contributed by atoms with Gasteiger partial charge in [-0.25, -0.2) is 4.98 Å². The van der Waals surface area contributed by atoms with Crippen molar-refractivity contribution in [3.8, 4) is 0 Å². The fourth-order valence-electron chi connectivity index (χ4n) is 2.30. The van der Waals surface area contributed by atoms with Gasteiger partial charge in [-0.1, -0.05) is 13.8 Å². The molecule has 0 aromatic carbocycles. The maximum atomic E-state index is 11.9. The molecule has 2 rings (SSSR count). The number of hydrogen-bond donors (Lipinski definition) is 2. The highest BCUT2D eigenvalue weighted by Gasteiger charge is 2.17. The first-order valence-electron chi connectivity index (χ1n) is 7.35. The van der Waals surface area contributed by atoms with Crippen molar-refractivity contribution in [2.75, 3.05) is 23.3 Å². The highest BCUT2D eigenvalue weighted by Crippen LogP contribution is 2.19. The number of pyridine rings is 1. The molecule has 3 N–H and O–H groups in total. The first-order valence-corrected chi connectivity index (χ1v) is 7.35. The molecule has 1 amide bonds. The van der Waals surface area contributed by atoms with Crippen molar-refractivity contribution in [1.82, 2.24) is 4.98 Å². The van der Waals surface area contributed by atoms with Crippen LogP contribution >= 0.6 is 0 Å². The van der Waals surface area contributed by atoms with E-state index < -0.39 is 6.04 Å². The van der Waals surface area contributed by atoms with Gasteiger partial charge in [0.1, 0.15) is 5.82 Å². The topological polar surface area (TPSA) is 71.2 Å². The lowest BCUT2D eigenvalue weighted by molar-refractivity contribution is -0.118. The predicted molar refractivity (Wildman–Crippen MR) is 81.7 cm³/mol. The maximum Gasteiger partial charge on any atom is 0.241 e. The van der Waals surface area contributed by atoms with Crippen LogP contribution in [-0.2, 0) is 4.79 Å². The summed E-state index contributed by atoms with van der Waals surface area (Å²) in [6, 6.07) is 3.36. The Morgan fingerprint density at radius 1 is 1.30 bits per heavy atom. The average molecular weight is 276 g/mol. The molecule has 1 fully saturated rings. The molecule has 5 heteroatoms. The summed E-state index contributed by atoms with van der Waals surface area (Å²) in [7, 11) is 0. The number of nitrogens with one attached hydrogen (secondary N) is 1. The lowest BCUT2D eigenvalue weighted by Crippen LogP contribution is -2.39. The van der Waals surface area contributed by atoms with Gasteiger partial charge in [0, 0.05) is 13.1 Å². The molecule has 0 unspecified atom stereocenters. The monoisotopic (exact) mass is 276 g/mol. The predicted octanol–water partition coefficient (Wildman–Crippen LogP) is 1.99. The van der Waals surface area contributed by atoms with Crippen molar-refractivity contribution in [2.24, 2.45) is 11.7 Å². The number of piperidine rings is 1. The first-order chi connectivity index (χ1) is 9.58. The van der Waals surface area contributed by atoms with Gasteiger partial charge < -0.3 is 16.0 Å². The summed E-state index contributed by atoms with van der Waals surface area (Å²) in [6.45, 7) is 6.00. The van der Waals surface area contributed by atoms with Crippen LogP contribution in [0.3, 0.4) is 0 Å². The Labute approximate surface area is 120 Å². The minimum absolute atomic E-state index is 0.121. The molecule has 2 heterocycles. The van der Waals surface area contributed by atoms with E-state index in [1.807, 2.05) is 26.0 Å². The van der Waals surface area contributed by atoms with Crippen molar-refractivity contribution in [2.45, 2.75) is 39.2 Å². The van der Waals surface area contributed by atoms with E-state index in [1.165, 1.54) is 19.3 Å². The number of aromatic nitrogens is 1. The number of nitrogens with two attached hydrogens (primary N) is 1. The second-order valence-electron chi connectivity index (χ2n) is 5.71. The molecule has 110 valence electrons. The van der Waals surface area contributed by atoms with E-state index in [1.54, 1.807) is 6.20 Å². The summed E-state index contributed by atoms with van der Waals surface area (Å²) < 4.78 is 0. The Kier molecular flexibility index (Phi) is 4.95. The zero-order valence-corrected chi connectivity index (χ0v) is 12.3. The van der Waals surface area contributed by atoms with Gasteiger partial charge in [0.15, 0.2) is 0 Å². The maximum absolute atomic E-state index is 11.9. The summed E-state index contributed by atoms with van der Waals surface area (Å²) in [5.41, 5.74) is 6.51. The lowest BCUT2D eigenvalue weighted by atomic mass is 10.1. The number of nitrogens with zero attached hydrogens (tertiary/aromatic N) is 2. The molecule has 0 bridgehead atoms. The van der Waals surface area contributed by atoms with E-state index >= 15 is 0 Å². The zero-order chi connectivity index (χ0) is 14.5. The molecular weight excluding hydrogens is 252 g/mol. The third kappa shape index (κ3) is 3.70. The fraction of sp³-hybridized carbons (Fsp3) is 0.600. The molecule has 5 nitrogen and oxygen atoms in total. The number of amides is 1. The molecule has 0 saturated carbocycles. The molecular formula is C15H24N4O. The van der Waals surface area contributed by atoms with E-state index in [9.17, 15) is 4.79 Å². The van der Waals surface area contributed by atoms with E-state index in [4.69, 9.17) is 5.73 Å². The number of carbonyl (C=O) groups excluding carboxylic acids is 1. The van der Waals surface area contributed by atoms with Gasteiger partial charge in [-0.3, -0.25) is 4.79 Å². The highest BCUT2D eigenvalue weighted by molar-refractivity contribution is 5.94. The average Bonchev–Trinajstić information content (AvgIpc) is 2.48. The zero-order valence-electron chi connectivity index (χ0n) is 12.3. The second-order valence-corrected chi connectivity index (χ2v) is 5.71. The smallest absolute Gasteiger partial charge is 0.241 e. The van der Waals surface area contributed by atoms with Crippen LogP contribution in [0.2, 0.25) is 0 Å². The standard InChI is InChI=1S/C15H24N4O/c1-11(2)14(16)15(20)18-12-6-7-13(17-10-12)19-8-4-3-5-9-19/h6-7,10-11,14H,3-5,8-9,16H2,1-2H3,(H,18,20)/t14-/m1/s1. The minimum Gasteiger partial charge on any atom is -0.357 e. The lowest BCUT2D eigenvalue weighted by Gasteiger charge is -2.27. The number of hydrogen-bond acceptors (Lipinski definition) is 4. The molecule has 20 heavy (non-hydrogen) atoms. The van der Waals surface area contributed by atoms with Crippen LogP contribution in [0.5, 0.6) is 0 Å². The van der Waals surface area contributed by atoms with Crippen LogP contribution in [0.25, 0.3) is 0 Å². The molecule has 0 aliphatic carbocycles. The van der Waals surface area contributed by atoms with Crippen molar-refractivity contribution < 1.29 is 4.79 Å². The summed E-state index contributed by atoms with van der Waals surface area (Å²) in [5, 5.41) is 2.81. The molecule has 1 aliphatic rings. The van der Waals surface area contributed by atoms with E-state index in [0.29, 0.717) is 5.69 Å². The normalized spacial score (nSPS) is 17.1. The van der Waals surface area contributed by atoms with Gasteiger partial charge in [-0.15, -0.1) is 0 Å². The third-order valence-corrected chi connectivity index (χ3v) is 3.72. The van der Waals surface area contributed by atoms with Gasteiger partial charge in [-0.2, -0.15) is 0 Å². The minimum atomic E-state index is -0.489. The third-order valence-electron chi connectivity index (χ3n) is 3.72. The Bertz CT molecular complexity index is 438. The van der Waals surface area contributed by atoms with E-state index in [-0.39, 0.29) is 11.8 Å². The molecule has 1 aromatic rings. The molecule has 0 spiro atoms. The van der Waals surface area contributed by atoms with Crippen molar-refractivity contribution in [3.05, 3.63) is 18.3 Å². The van der Waals surface area contributed by atoms with Gasteiger partial charge in [0.2, 0.25) is 5.91 Å². The Morgan fingerprint density at radius 2 is 2.00 bits per heavy atom. The number of anilines is 2. The van der Waals surface area contributed by atoms with Crippen LogP contribution in [0, 0.1) is 5.92 Å². The Hall–Kier alpha value is -1.62. The SMILES string of the molecule is CC(C)[C@@H](N)C(=O)Nc1ccc(N2CCCCC2)nc1. The molecule has 0 radical (unpaired) electrons. The first kappa shape index (κ1) is 14.8. The van der Waals surface area contributed by atoms with Crippen LogP contribution < -0.4 is 16.0 Å². The van der Waals surface area contributed by atoms with Crippen LogP contribution in [-0.4, -0.2) is 30.0 Å². The largest absolute Gasteiger partial charge is 0.357 e. The van der Waals surface area contributed by atoms with Crippen molar-refractivity contribution in [3.63, 3.8) is 0 Å². The molecule has 1 atom stereocenters. The van der Waals surface area contributed by atoms with Gasteiger partial charge >= 0.3 is 0 Å². The van der Waals surface area contributed by atoms with Crippen LogP contribution in [0.15, 0.2) is 18.3 Å². The molecule has 1 aliphatic heterocycles. The fourth-order valence-corrected chi connectivity index (χ4v) is 2.30. The van der Waals surface area contributed by atoms with E-state index in [0.717, 1.165) is 18.9 Å². The number of carbonyl (C=O) groups is 1. The molecule has 1 saturated heterocycles. The summed E-state index contributed by atoms with van der Waals surface area (Å²) in [6.07, 6.45) is 5.46. The highest BCUT2D eigenvalue weighted by atomic mass is 16.2. The van der Waals surface area contributed by atoms with Gasteiger partial charge in [-0.05, 0) is 37.3 Å². The van der Waals surface area contributed by atoms with Crippen LogP contribution in [0.4, 0.5) is 11.5 Å². The summed E-state index contributed by atoms with van der Waals surface area (Å²) >= 11 is 0. The van der Waals surface area contributed by atoms with Gasteiger partial charge in [0.25, 0.3) is 0 Å². The summed E-state index contributed by atoms with van der Waals surface area (Å²) in [4.78, 5) is 18.6.